The molecule has 2 aromatic rings. The molecule has 0 aliphatic carbocycles. The number of hydrogen-bond acceptors (Lipinski definition) is 3. The second-order valence-electron chi connectivity index (χ2n) is 5.03. The maximum absolute atomic E-state index is 6.36. The Kier molecular flexibility index (Phi) is 4.26. The molecule has 3 rings (SSSR count). The Morgan fingerprint density at radius 2 is 2.32 bits per heavy atom. The number of rotatable bonds is 3. The Labute approximate surface area is 122 Å². The number of thioether (sulfide) groups is 1. The predicted molar refractivity (Wildman–Crippen MR) is 83.1 cm³/mol. The summed E-state index contributed by atoms with van der Waals surface area (Å²) < 4.78 is 0. The van der Waals surface area contributed by atoms with Crippen LogP contribution in [-0.4, -0.2) is 23.8 Å². The molecule has 1 unspecified atom stereocenters. The van der Waals surface area contributed by atoms with E-state index in [1.807, 2.05) is 36.3 Å². The minimum Gasteiger partial charge on any atom is -0.316 e. The van der Waals surface area contributed by atoms with Gasteiger partial charge < -0.3 is 5.32 Å². The van der Waals surface area contributed by atoms with Crippen molar-refractivity contribution in [2.45, 2.75) is 17.7 Å². The second kappa shape index (κ2) is 6.12. The van der Waals surface area contributed by atoms with Crippen LogP contribution in [0.1, 0.15) is 12.8 Å². The first-order valence-electron chi connectivity index (χ1n) is 6.70. The number of hydrogen-bond donors (Lipinski definition) is 1. The minimum absolute atomic E-state index is 0.767. The van der Waals surface area contributed by atoms with Gasteiger partial charge in [0.2, 0.25) is 0 Å². The summed E-state index contributed by atoms with van der Waals surface area (Å²) in [5, 5.41) is 6.62. The van der Waals surface area contributed by atoms with Crippen molar-refractivity contribution in [3.63, 3.8) is 0 Å². The zero-order valence-corrected chi connectivity index (χ0v) is 12.3. The van der Waals surface area contributed by atoms with Crippen molar-refractivity contribution in [1.82, 2.24) is 10.3 Å². The van der Waals surface area contributed by atoms with E-state index in [0.29, 0.717) is 0 Å². The van der Waals surface area contributed by atoms with Gasteiger partial charge in [-0.1, -0.05) is 11.6 Å². The van der Waals surface area contributed by atoms with Crippen LogP contribution >= 0.6 is 23.4 Å². The molecule has 1 atom stereocenters. The maximum atomic E-state index is 6.36. The van der Waals surface area contributed by atoms with Crippen LogP contribution in [0.3, 0.4) is 0 Å². The van der Waals surface area contributed by atoms with E-state index < -0.39 is 0 Å². The van der Waals surface area contributed by atoms with Crippen LogP contribution in [0, 0.1) is 5.92 Å². The van der Waals surface area contributed by atoms with E-state index >= 15 is 0 Å². The molecule has 2 heterocycles. The van der Waals surface area contributed by atoms with E-state index in [0.717, 1.165) is 28.6 Å². The van der Waals surface area contributed by atoms with Gasteiger partial charge in [0.05, 0.1) is 5.02 Å². The standard InChI is InChI=1S/C15H17ClN2S/c16-14-6-13-9-18-5-3-12(13)7-15(14)19-10-11-2-1-4-17-8-11/h3,5-7,9,11,17H,1-2,4,8,10H2. The first kappa shape index (κ1) is 13.2. The van der Waals surface area contributed by atoms with Gasteiger partial charge in [-0.05, 0) is 55.4 Å². The molecule has 0 amide bonds. The highest BCUT2D eigenvalue weighted by atomic mass is 35.5. The largest absolute Gasteiger partial charge is 0.316 e. The summed E-state index contributed by atoms with van der Waals surface area (Å²) in [5.41, 5.74) is 0. The summed E-state index contributed by atoms with van der Waals surface area (Å²) >= 11 is 8.23. The number of aromatic nitrogens is 1. The number of benzene rings is 1. The smallest absolute Gasteiger partial charge is 0.0548 e. The number of nitrogens with one attached hydrogen (secondary N) is 1. The van der Waals surface area contributed by atoms with Crippen LogP contribution < -0.4 is 5.32 Å². The van der Waals surface area contributed by atoms with Crippen LogP contribution in [0.25, 0.3) is 10.8 Å². The summed E-state index contributed by atoms with van der Waals surface area (Å²) in [6.45, 7) is 2.31. The second-order valence-corrected chi connectivity index (χ2v) is 6.50. The van der Waals surface area contributed by atoms with Gasteiger partial charge in [0.25, 0.3) is 0 Å². The van der Waals surface area contributed by atoms with Gasteiger partial charge in [-0.2, -0.15) is 0 Å². The zero-order valence-electron chi connectivity index (χ0n) is 10.7. The van der Waals surface area contributed by atoms with Crippen molar-refractivity contribution in [1.29, 1.82) is 0 Å². The normalized spacial score (nSPS) is 19.7. The highest BCUT2D eigenvalue weighted by Gasteiger charge is 2.14. The highest BCUT2D eigenvalue weighted by Crippen LogP contribution is 2.33. The molecule has 1 aliphatic heterocycles. The van der Waals surface area contributed by atoms with Gasteiger partial charge in [0.15, 0.2) is 0 Å². The molecule has 4 heteroatoms. The molecule has 1 aromatic heterocycles. The van der Waals surface area contributed by atoms with Crippen LogP contribution in [0.4, 0.5) is 0 Å². The number of nitrogens with zero attached hydrogens (tertiary/aromatic N) is 1. The van der Waals surface area contributed by atoms with E-state index in [2.05, 4.69) is 16.4 Å². The molecule has 1 saturated heterocycles. The van der Waals surface area contributed by atoms with Crippen molar-refractivity contribution in [2.75, 3.05) is 18.8 Å². The van der Waals surface area contributed by atoms with Crippen molar-refractivity contribution in [2.24, 2.45) is 5.92 Å². The van der Waals surface area contributed by atoms with E-state index in [-0.39, 0.29) is 0 Å². The first-order valence-corrected chi connectivity index (χ1v) is 8.06. The van der Waals surface area contributed by atoms with Crippen molar-refractivity contribution in [3.8, 4) is 0 Å². The fraction of sp³-hybridized carbons (Fsp3) is 0.400. The maximum Gasteiger partial charge on any atom is 0.0548 e. The van der Waals surface area contributed by atoms with E-state index in [1.54, 1.807) is 0 Å². The monoisotopic (exact) mass is 292 g/mol. The summed E-state index contributed by atoms with van der Waals surface area (Å²) in [6.07, 6.45) is 6.31. The molecular formula is C15H17ClN2S. The first-order chi connectivity index (χ1) is 9.33. The third kappa shape index (κ3) is 3.22. The van der Waals surface area contributed by atoms with E-state index in [1.165, 1.54) is 29.7 Å². The van der Waals surface area contributed by atoms with Gasteiger partial charge in [-0.15, -0.1) is 11.8 Å². The molecule has 1 aliphatic rings. The summed E-state index contributed by atoms with van der Waals surface area (Å²) in [6, 6.07) is 6.24. The van der Waals surface area contributed by atoms with Crippen molar-refractivity contribution < 1.29 is 0 Å². The molecule has 0 bridgehead atoms. The van der Waals surface area contributed by atoms with Gasteiger partial charge in [0.1, 0.15) is 0 Å². The lowest BCUT2D eigenvalue weighted by Gasteiger charge is -2.22. The third-order valence-corrected chi connectivity index (χ3v) is 5.28. The fourth-order valence-corrected chi connectivity index (χ4v) is 3.91. The lowest BCUT2D eigenvalue weighted by molar-refractivity contribution is 0.410. The number of pyridine rings is 1. The molecule has 0 spiro atoms. The average molecular weight is 293 g/mol. The summed E-state index contributed by atoms with van der Waals surface area (Å²) in [7, 11) is 0. The summed E-state index contributed by atoms with van der Waals surface area (Å²) in [4.78, 5) is 5.32. The molecule has 0 radical (unpaired) electrons. The molecule has 1 N–H and O–H groups in total. The van der Waals surface area contributed by atoms with Crippen molar-refractivity contribution in [3.05, 3.63) is 35.6 Å². The third-order valence-electron chi connectivity index (χ3n) is 3.56. The average Bonchev–Trinajstić information content (AvgIpc) is 2.46. The van der Waals surface area contributed by atoms with E-state index in [9.17, 15) is 0 Å². The SMILES string of the molecule is Clc1cc2cnccc2cc1SCC1CCCNC1. The van der Waals surface area contributed by atoms with Gasteiger partial charge in [-0.25, -0.2) is 0 Å². The molecule has 1 fully saturated rings. The Hall–Kier alpha value is -0.770. The van der Waals surface area contributed by atoms with Crippen molar-refractivity contribution >= 4 is 34.1 Å². The number of halogens is 1. The lowest BCUT2D eigenvalue weighted by atomic mass is 10.0. The van der Waals surface area contributed by atoms with Crippen LogP contribution in [0.15, 0.2) is 35.5 Å². The Balaban J connectivity index is 1.74. The Bertz CT molecular complexity index is 567. The topological polar surface area (TPSA) is 24.9 Å². The molecule has 0 saturated carbocycles. The van der Waals surface area contributed by atoms with Gasteiger partial charge in [0, 0.05) is 28.4 Å². The number of piperidine rings is 1. The van der Waals surface area contributed by atoms with Crippen LogP contribution in [0.5, 0.6) is 0 Å². The highest BCUT2D eigenvalue weighted by molar-refractivity contribution is 7.99. The lowest BCUT2D eigenvalue weighted by Crippen LogP contribution is -2.30. The summed E-state index contributed by atoms with van der Waals surface area (Å²) in [5.74, 6) is 1.91. The van der Waals surface area contributed by atoms with Gasteiger partial charge in [-0.3, -0.25) is 4.98 Å². The minimum atomic E-state index is 0.767. The zero-order chi connectivity index (χ0) is 13.1. The Morgan fingerprint density at radius 3 is 3.16 bits per heavy atom. The molecular weight excluding hydrogens is 276 g/mol. The predicted octanol–water partition coefficient (Wildman–Crippen LogP) is 3.98. The van der Waals surface area contributed by atoms with E-state index in [4.69, 9.17) is 11.6 Å². The fourth-order valence-electron chi connectivity index (χ4n) is 2.47. The molecule has 19 heavy (non-hydrogen) atoms. The number of fused-ring (bicyclic) bond motifs is 1. The quantitative estimate of drug-likeness (QED) is 0.866. The molecule has 1 aromatic carbocycles. The Morgan fingerprint density at radius 1 is 1.37 bits per heavy atom. The van der Waals surface area contributed by atoms with Crippen LogP contribution in [0.2, 0.25) is 5.02 Å². The van der Waals surface area contributed by atoms with Crippen LogP contribution in [-0.2, 0) is 0 Å². The molecule has 2 nitrogen and oxygen atoms in total. The molecule has 100 valence electrons. The van der Waals surface area contributed by atoms with Gasteiger partial charge >= 0.3 is 0 Å².